The van der Waals surface area contributed by atoms with Crippen LogP contribution in [0.1, 0.15) is 16.2 Å². The van der Waals surface area contributed by atoms with Crippen molar-refractivity contribution in [2.75, 3.05) is 12.4 Å². The summed E-state index contributed by atoms with van der Waals surface area (Å²) in [7, 11) is 1.61. The summed E-state index contributed by atoms with van der Waals surface area (Å²) in [6, 6.07) is 16.7. The molecule has 0 saturated carbocycles. The minimum atomic E-state index is -0.352. The van der Waals surface area contributed by atoms with Gasteiger partial charge in [-0.3, -0.25) is 4.79 Å². The molecular weight excluding hydrogens is 294 g/mol. The number of nitrogens with zero attached hydrogens (tertiary/aromatic N) is 4. The first-order valence-corrected chi connectivity index (χ1v) is 7.02. The van der Waals surface area contributed by atoms with E-state index in [1.54, 1.807) is 19.2 Å². The molecule has 1 amide bonds. The minimum absolute atomic E-state index is 0.157. The van der Waals surface area contributed by atoms with Gasteiger partial charge in [-0.1, -0.05) is 30.3 Å². The Morgan fingerprint density at radius 2 is 1.87 bits per heavy atom. The topological polar surface area (TPSA) is 81.9 Å². The molecule has 2 aromatic carbocycles. The van der Waals surface area contributed by atoms with E-state index >= 15 is 0 Å². The maximum absolute atomic E-state index is 12.3. The van der Waals surface area contributed by atoms with Crippen LogP contribution in [0.4, 0.5) is 5.69 Å². The molecule has 0 atom stereocenters. The number of ether oxygens (including phenoxy) is 1. The molecule has 3 aromatic rings. The van der Waals surface area contributed by atoms with Crippen LogP contribution < -0.4 is 10.1 Å². The van der Waals surface area contributed by atoms with Crippen molar-refractivity contribution in [3.63, 3.8) is 0 Å². The van der Waals surface area contributed by atoms with Crippen LogP contribution in [-0.4, -0.2) is 33.2 Å². The third-order valence-electron chi connectivity index (χ3n) is 3.26. The first kappa shape index (κ1) is 14.7. The van der Waals surface area contributed by atoms with Gasteiger partial charge in [-0.15, -0.1) is 5.10 Å². The Hall–Kier alpha value is -3.22. The highest BCUT2D eigenvalue weighted by molar-refractivity contribution is 6.01. The summed E-state index contributed by atoms with van der Waals surface area (Å²) in [5.41, 5.74) is 1.66. The summed E-state index contributed by atoms with van der Waals surface area (Å²) in [6.45, 7) is 0.397. The summed E-state index contributed by atoms with van der Waals surface area (Å²) in [5.74, 6) is 0.576. The van der Waals surface area contributed by atoms with Gasteiger partial charge in [-0.2, -0.15) is 0 Å². The lowest BCUT2D eigenvalue weighted by Gasteiger charge is -2.07. The van der Waals surface area contributed by atoms with Gasteiger partial charge in [0.05, 0.1) is 13.7 Å². The van der Waals surface area contributed by atoms with Crippen LogP contribution in [0, 0.1) is 0 Å². The molecule has 7 nitrogen and oxygen atoms in total. The van der Waals surface area contributed by atoms with Crippen molar-refractivity contribution in [3.8, 4) is 5.75 Å². The van der Waals surface area contributed by atoms with Gasteiger partial charge in [0.25, 0.3) is 5.91 Å². The van der Waals surface area contributed by atoms with Crippen LogP contribution >= 0.6 is 0 Å². The number of aromatic nitrogens is 4. The van der Waals surface area contributed by atoms with Crippen molar-refractivity contribution < 1.29 is 9.53 Å². The molecule has 1 N–H and O–H groups in total. The number of rotatable bonds is 5. The second-order valence-electron chi connectivity index (χ2n) is 4.83. The number of hydrogen-bond acceptors (Lipinski definition) is 5. The Kier molecular flexibility index (Phi) is 4.28. The molecule has 0 fully saturated rings. The molecule has 0 bridgehead atoms. The predicted molar refractivity (Wildman–Crippen MR) is 84.3 cm³/mol. The average Bonchev–Trinajstić information content (AvgIpc) is 3.05. The van der Waals surface area contributed by atoms with Crippen LogP contribution in [0.3, 0.4) is 0 Å². The second-order valence-corrected chi connectivity index (χ2v) is 4.83. The molecule has 116 valence electrons. The van der Waals surface area contributed by atoms with E-state index in [0.29, 0.717) is 12.2 Å². The van der Waals surface area contributed by atoms with E-state index in [0.717, 1.165) is 11.3 Å². The lowest BCUT2D eigenvalue weighted by Crippen LogP contribution is -2.19. The number of para-hydroxylation sites is 1. The zero-order chi connectivity index (χ0) is 16.1. The SMILES string of the molecule is COc1ccc(Cn2nnnc2C(=O)Nc2ccccc2)cc1. The normalized spacial score (nSPS) is 10.3. The van der Waals surface area contributed by atoms with E-state index in [2.05, 4.69) is 20.8 Å². The van der Waals surface area contributed by atoms with Gasteiger partial charge in [-0.25, -0.2) is 4.68 Å². The number of anilines is 1. The molecule has 0 radical (unpaired) electrons. The summed E-state index contributed by atoms with van der Waals surface area (Å²) in [6.07, 6.45) is 0. The Balaban J connectivity index is 1.74. The van der Waals surface area contributed by atoms with E-state index in [9.17, 15) is 4.79 Å². The number of hydrogen-bond donors (Lipinski definition) is 1. The largest absolute Gasteiger partial charge is 0.497 e. The highest BCUT2D eigenvalue weighted by Gasteiger charge is 2.15. The Morgan fingerprint density at radius 1 is 1.13 bits per heavy atom. The number of methoxy groups -OCH3 is 1. The molecule has 7 heteroatoms. The quantitative estimate of drug-likeness (QED) is 0.779. The van der Waals surface area contributed by atoms with Crippen molar-refractivity contribution in [1.82, 2.24) is 20.2 Å². The molecule has 0 aliphatic heterocycles. The van der Waals surface area contributed by atoms with Crippen LogP contribution in [-0.2, 0) is 6.54 Å². The number of carbonyl (C=O) groups is 1. The fourth-order valence-electron chi connectivity index (χ4n) is 2.09. The van der Waals surface area contributed by atoms with Crippen molar-refractivity contribution in [2.45, 2.75) is 6.54 Å². The highest BCUT2D eigenvalue weighted by atomic mass is 16.5. The molecule has 23 heavy (non-hydrogen) atoms. The van der Waals surface area contributed by atoms with Gasteiger partial charge in [-0.05, 0) is 40.3 Å². The van der Waals surface area contributed by atoms with Gasteiger partial charge >= 0.3 is 0 Å². The van der Waals surface area contributed by atoms with Gasteiger partial charge in [0.2, 0.25) is 5.82 Å². The Labute approximate surface area is 132 Å². The Morgan fingerprint density at radius 3 is 2.57 bits per heavy atom. The number of tetrazole rings is 1. The van der Waals surface area contributed by atoms with E-state index in [1.807, 2.05) is 42.5 Å². The number of nitrogens with one attached hydrogen (secondary N) is 1. The van der Waals surface area contributed by atoms with Crippen LogP contribution in [0.2, 0.25) is 0 Å². The molecule has 3 rings (SSSR count). The van der Waals surface area contributed by atoms with Crippen LogP contribution in [0.25, 0.3) is 0 Å². The highest BCUT2D eigenvalue weighted by Crippen LogP contribution is 2.13. The third kappa shape index (κ3) is 3.52. The summed E-state index contributed by atoms with van der Waals surface area (Å²) >= 11 is 0. The molecule has 1 aromatic heterocycles. The van der Waals surface area contributed by atoms with E-state index in [4.69, 9.17) is 4.74 Å². The van der Waals surface area contributed by atoms with Crippen molar-refractivity contribution >= 4 is 11.6 Å². The molecule has 1 heterocycles. The Bertz CT molecular complexity index is 784. The molecule has 0 saturated heterocycles. The number of benzene rings is 2. The lowest BCUT2D eigenvalue weighted by molar-refractivity contribution is 0.101. The smallest absolute Gasteiger partial charge is 0.295 e. The standard InChI is InChI=1S/C16H15N5O2/c1-23-14-9-7-12(8-10-14)11-21-15(18-19-20-21)16(22)17-13-5-3-2-4-6-13/h2-10H,11H2,1H3,(H,17,22). The van der Waals surface area contributed by atoms with Crippen molar-refractivity contribution in [1.29, 1.82) is 0 Å². The number of carbonyl (C=O) groups excluding carboxylic acids is 1. The molecule has 0 spiro atoms. The molecular formula is C16H15N5O2. The zero-order valence-corrected chi connectivity index (χ0v) is 12.5. The lowest BCUT2D eigenvalue weighted by atomic mass is 10.2. The van der Waals surface area contributed by atoms with Gasteiger partial charge in [0, 0.05) is 5.69 Å². The van der Waals surface area contributed by atoms with Crippen LogP contribution in [0.5, 0.6) is 5.75 Å². The van der Waals surface area contributed by atoms with Gasteiger partial charge in [0.1, 0.15) is 5.75 Å². The predicted octanol–water partition coefficient (Wildman–Crippen LogP) is 1.98. The first-order valence-electron chi connectivity index (χ1n) is 7.02. The van der Waals surface area contributed by atoms with E-state index < -0.39 is 0 Å². The average molecular weight is 309 g/mol. The molecule has 0 unspecified atom stereocenters. The number of amides is 1. The van der Waals surface area contributed by atoms with E-state index in [-0.39, 0.29) is 11.7 Å². The fraction of sp³-hybridized carbons (Fsp3) is 0.125. The second kappa shape index (κ2) is 6.69. The maximum atomic E-state index is 12.3. The van der Waals surface area contributed by atoms with Crippen molar-refractivity contribution in [2.24, 2.45) is 0 Å². The summed E-state index contributed by atoms with van der Waals surface area (Å²) in [4.78, 5) is 12.3. The fourth-order valence-corrected chi connectivity index (χ4v) is 2.09. The van der Waals surface area contributed by atoms with Crippen molar-refractivity contribution in [3.05, 3.63) is 66.0 Å². The third-order valence-corrected chi connectivity index (χ3v) is 3.26. The molecule has 0 aliphatic carbocycles. The first-order chi connectivity index (χ1) is 11.3. The van der Waals surface area contributed by atoms with Gasteiger partial charge in [0.15, 0.2) is 0 Å². The monoisotopic (exact) mass is 309 g/mol. The van der Waals surface area contributed by atoms with E-state index in [1.165, 1.54) is 4.68 Å². The molecule has 0 aliphatic rings. The summed E-state index contributed by atoms with van der Waals surface area (Å²) in [5, 5.41) is 14.0. The minimum Gasteiger partial charge on any atom is -0.497 e. The van der Waals surface area contributed by atoms with Crippen LogP contribution in [0.15, 0.2) is 54.6 Å². The van der Waals surface area contributed by atoms with Gasteiger partial charge < -0.3 is 10.1 Å². The summed E-state index contributed by atoms with van der Waals surface area (Å²) < 4.78 is 6.58. The maximum Gasteiger partial charge on any atom is 0.295 e. The zero-order valence-electron chi connectivity index (χ0n) is 12.5.